The van der Waals surface area contributed by atoms with E-state index in [9.17, 15) is 0 Å². The predicted octanol–water partition coefficient (Wildman–Crippen LogP) is 1.85. The predicted molar refractivity (Wildman–Crippen MR) is 65.1 cm³/mol. The number of unbranched alkanes of at least 4 members (excludes halogenated alkanes) is 1. The first-order valence-electron chi connectivity index (χ1n) is 6.73. The average Bonchev–Trinajstić information content (AvgIpc) is 2.84. The van der Waals surface area contributed by atoms with Gasteiger partial charge in [-0.15, -0.1) is 0 Å². The molecule has 0 aromatic carbocycles. The number of rotatable bonds is 4. The van der Waals surface area contributed by atoms with E-state index in [4.69, 9.17) is 5.26 Å². The summed E-state index contributed by atoms with van der Waals surface area (Å²) in [5.74, 6) is 0. The van der Waals surface area contributed by atoms with Crippen molar-refractivity contribution in [2.45, 2.75) is 44.6 Å². The molecule has 0 bridgehead atoms. The zero-order valence-electron chi connectivity index (χ0n) is 10.2. The van der Waals surface area contributed by atoms with E-state index in [0.717, 1.165) is 19.0 Å². The van der Waals surface area contributed by atoms with Gasteiger partial charge in [0.2, 0.25) is 0 Å². The molecule has 0 aromatic heterocycles. The molecule has 1 saturated carbocycles. The minimum Gasteiger partial charge on any atom is -0.301 e. The van der Waals surface area contributed by atoms with Gasteiger partial charge in [-0.1, -0.05) is 12.8 Å². The third-order valence-electron chi connectivity index (χ3n) is 4.01. The van der Waals surface area contributed by atoms with Gasteiger partial charge in [0.25, 0.3) is 0 Å². The van der Waals surface area contributed by atoms with Crippen LogP contribution in [0.15, 0.2) is 0 Å². The number of piperazine rings is 1. The van der Waals surface area contributed by atoms with Crippen molar-refractivity contribution in [3.8, 4) is 6.07 Å². The Bertz CT molecular complexity index is 232. The van der Waals surface area contributed by atoms with Crippen LogP contribution in [0.1, 0.15) is 38.5 Å². The number of nitrogens with zero attached hydrogens (tertiary/aromatic N) is 3. The van der Waals surface area contributed by atoms with Crippen LogP contribution in [0, 0.1) is 11.3 Å². The van der Waals surface area contributed by atoms with Crippen LogP contribution < -0.4 is 0 Å². The van der Waals surface area contributed by atoms with Gasteiger partial charge in [0.15, 0.2) is 0 Å². The van der Waals surface area contributed by atoms with Crippen molar-refractivity contribution in [2.75, 3.05) is 32.7 Å². The lowest BCUT2D eigenvalue weighted by molar-refractivity contribution is 0.0974. The lowest BCUT2D eigenvalue weighted by atomic mass is 10.1. The van der Waals surface area contributed by atoms with Crippen LogP contribution in [0.3, 0.4) is 0 Å². The molecule has 1 aliphatic heterocycles. The zero-order chi connectivity index (χ0) is 11.2. The van der Waals surface area contributed by atoms with Crippen LogP contribution in [0.4, 0.5) is 0 Å². The topological polar surface area (TPSA) is 30.3 Å². The standard InChI is InChI=1S/C13H23N3/c14-7-3-4-8-15-9-11-16(12-10-15)13-5-1-2-6-13/h13H,1-6,8-12H2. The Balaban J connectivity index is 1.64. The summed E-state index contributed by atoms with van der Waals surface area (Å²) in [5, 5.41) is 8.50. The van der Waals surface area contributed by atoms with Crippen LogP contribution in [-0.2, 0) is 0 Å². The summed E-state index contributed by atoms with van der Waals surface area (Å²) in [6.07, 6.45) is 7.48. The molecule has 2 aliphatic rings. The zero-order valence-corrected chi connectivity index (χ0v) is 10.2. The van der Waals surface area contributed by atoms with E-state index in [1.54, 1.807) is 0 Å². The summed E-state index contributed by atoms with van der Waals surface area (Å²) in [7, 11) is 0. The van der Waals surface area contributed by atoms with Gasteiger partial charge in [-0.2, -0.15) is 5.26 Å². The Labute approximate surface area is 99.0 Å². The van der Waals surface area contributed by atoms with Crippen molar-refractivity contribution in [3.05, 3.63) is 0 Å². The average molecular weight is 221 g/mol. The summed E-state index contributed by atoms with van der Waals surface area (Å²) in [6, 6.07) is 3.11. The minimum absolute atomic E-state index is 0.711. The fourth-order valence-electron chi connectivity index (χ4n) is 3.00. The Morgan fingerprint density at radius 3 is 2.38 bits per heavy atom. The highest BCUT2D eigenvalue weighted by molar-refractivity contribution is 4.82. The Morgan fingerprint density at radius 2 is 1.75 bits per heavy atom. The van der Waals surface area contributed by atoms with Crippen molar-refractivity contribution in [1.29, 1.82) is 5.26 Å². The lowest BCUT2D eigenvalue weighted by Gasteiger charge is -2.38. The first-order chi connectivity index (χ1) is 7.90. The van der Waals surface area contributed by atoms with Gasteiger partial charge >= 0.3 is 0 Å². The first-order valence-corrected chi connectivity index (χ1v) is 6.73. The maximum absolute atomic E-state index is 8.50. The van der Waals surface area contributed by atoms with Gasteiger partial charge < -0.3 is 4.90 Å². The number of nitriles is 1. The van der Waals surface area contributed by atoms with Crippen LogP contribution in [0.5, 0.6) is 0 Å². The molecule has 16 heavy (non-hydrogen) atoms. The van der Waals surface area contributed by atoms with E-state index in [-0.39, 0.29) is 0 Å². The fourth-order valence-corrected chi connectivity index (χ4v) is 3.00. The Hall–Kier alpha value is -0.590. The molecule has 0 radical (unpaired) electrons. The van der Waals surface area contributed by atoms with Gasteiger partial charge in [0.1, 0.15) is 0 Å². The molecule has 0 amide bonds. The third kappa shape index (κ3) is 3.20. The highest BCUT2D eigenvalue weighted by Crippen LogP contribution is 2.24. The lowest BCUT2D eigenvalue weighted by Crippen LogP contribution is -2.49. The van der Waals surface area contributed by atoms with Crippen molar-refractivity contribution >= 4 is 0 Å². The normalized spacial score (nSPS) is 24.7. The van der Waals surface area contributed by atoms with E-state index in [0.29, 0.717) is 6.42 Å². The summed E-state index contributed by atoms with van der Waals surface area (Å²) in [5.41, 5.74) is 0. The van der Waals surface area contributed by atoms with Gasteiger partial charge in [-0.25, -0.2) is 0 Å². The highest BCUT2D eigenvalue weighted by atomic mass is 15.3. The van der Waals surface area contributed by atoms with E-state index < -0.39 is 0 Å². The minimum atomic E-state index is 0.711. The summed E-state index contributed by atoms with van der Waals surface area (Å²) >= 11 is 0. The molecule has 2 fully saturated rings. The quantitative estimate of drug-likeness (QED) is 0.679. The smallest absolute Gasteiger partial charge is 0.0622 e. The van der Waals surface area contributed by atoms with Crippen molar-refractivity contribution in [3.63, 3.8) is 0 Å². The van der Waals surface area contributed by atoms with Crippen LogP contribution in [-0.4, -0.2) is 48.6 Å². The second-order valence-electron chi connectivity index (χ2n) is 5.08. The van der Waals surface area contributed by atoms with Crippen LogP contribution in [0.2, 0.25) is 0 Å². The van der Waals surface area contributed by atoms with Crippen molar-refractivity contribution in [1.82, 2.24) is 9.80 Å². The van der Waals surface area contributed by atoms with Gasteiger partial charge in [0.05, 0.1) is 6.07 Å². The molecule has 2 rings (SSSR count). The summed E-state index contributed by atoms with van der Waals surface area (Å²) in [6.45, 7) is 6.03. The van der Waals surface area contributed by atoms with E-state index in [1.165, 1.54) is 51.9 Å². The Morgan fingerprint density at radius 1 is 1.06 bits per heavy atom. The number of hydrogen-bond donors (Lipinski definition) is 0. The molecule has 0 N–H and O–H groups in total. The molecule has 0 atom stereocenters. The van der Waals surface area contributed by atoms with Gasteiger partial charge in [-0.3, -0.25) is 4.90 Å². The molecule has 3 heteroatoms. The van der Waals surface area contributed by atoms with Crippen molar-refractivity contribution in [2.24, 2.45) is 0 Å². The van der Waals surface area contributed by atoms with Crippen LogP contribution in [0.25, 0.3) is 0 Å². The molecular formula is C13H23N3. The summed E-state index contributed by atoms with van der Waals surface area (Å²) < 4.78 is 0. The maximum Gasteiger partial charge on any atom is 0.0622 e. The SMILES string of the molecule is N#CCCCN1CCN(C2CCCC2)CC1. The first kappa shape index (κ1) is 11.9. The molecule has 1 saturated heterocycles. The van der Waals surface area contributed by atoms with E-state index in [1.807, 2.05) is 0 Å². The molecule has 90 valence electrons. The molecule has 3 nitrogen and oxygen atoms in total. The third-order valence-corrected chi connectivity index (χ3v) is 4.01. The van der Waals surface area contributed by atoms with E-state index >= 15 is 0 Å². The molecule has 1 heterocycles. The van der Waals surface area contributed by atoms with E-state index in [2.05, 4.69) is 15.9 Å². The monoisotopic (exact) mass is 221 g/mol. The molecule has 0 aromatic rings. The fraction of sp³-hybridized carbons (Fsp3) is 0.923. The largest absolute Gasteiger partial charge is 0.301 e. The molecule has 0 spiro atoms. The molecule has 0 unspecified atom stereocenters. The second kappa shape index (κ2) is 6.22. The van der Waals surface area contributed by atoms with Crippen molar-refractivity contribution < 1.29 is 0 Å². The second-order valence-corrected chi connectivity index (χ2v) is 5.08. The molecule has 1 aliphatic carbocycles. The summed E-state index contributed by atoms with van der Waals surface area (Å²) in [4.78, 5) is 5.20. The highest BCUT2D eigenvalue weighted by Gasteiger charge is 2.25. The Kier molecular flexibility index (Phi) is 4.62. The van der Waals surface area contributed by atoms with Gasteiger partial charge in [0, 0.05) is 38.6 Å². The van der Waals surface area contributed by atoms with Gasteiger partial charge in [-0.05, 0) is 25.8 Å². The van der Waals surface area contributed by atoms with Crippen LogP contribution >= 0.6 is 0 Å². The molecular weight excluding hydrogens is 198 g/mol. The maximum atomic E-state index is 8.50. The number of hydrogen-bond acceptors (Lipinski definition) is 3.